The highest BCUT2D eigenvalue weighted by Gasteiger charge is 2.35. The zero-order valence-corrected chi connectivity index (χ0v) is 12.9. The lowest BCUT2D eigenvalue weighted by Gasteiger charge is -2.21. The molecule has 1 saturated heterocycles. The summed E-state index contributed by atoms with van der Waals surface area (Å²) in [6.45, 7) is 0.543. The zero-order valence-electron chi connectivity index (χ0n) is 12.9. The van der Waals surface area contributed by atoms with Gasteiger partial charge in [0.2, 0.25) is 0 Å². The first-order valence-corrected chi connectivity index (χ1v) is 7.54. The predicted octanol–water partition coefficient (Wildman–Crippen LogP) is 3.06. The molecule has 0 unspecified atom stereocenters. The van der Waals surface area contributed by atoms with Gasteiger partial charge in [0.1, 0.15) is 12.4 Å². The molecule has 1 aliphatic rings. The summed E-state index contributed by atoms with van der Waals surface area (Å²) in [5.41, 5.74) is 1.37. The Kier molecular flexibility index (Phi) is 4.86. The quantitative estimate of drug-likeness (QED) is 0.846. The van der Waals surface area contributed by atoms with Gasteiger partial charge in [-0.15, -0.1) is 0 Å². The Hall–Kier alpha value is -2.73. The molecule has 1 fully saturated rings. The fraction of sp³-hybridized carbons (Fsp3) is 0.222. The van der Waals surface area contributed by atoms with Crippen LogP contribution in [0, 0.1) is 5.82 Å². The van der Waals surface area contributed by atoms with E-state index in [-0.39, 0.29) is 19.8 Å². The Morgan fingerprint density at radius 3 is 2.50 bits per heavy atom. The molecule has 24 heavy (non-hydrogen) atoms. The SMILES string of the molecule is O=C1OCCN1C(=O)[C@H](OCc1ccccc1)c1ccc(F)cc1. The molecule has 1 heterocycles. The van der Waals surface area contributed by atoms with Crippen molar-refractivity contribution in [2.24, 2.45) is 0 Å². The number of hydrogen-bond acceptors (Lipinski definition) is 4. The minimum Gasteiger partial charge on any atom is -0.447 e. The molecule has 0 bridgehead atoms. The molecular formula is C18H16FNO4. The number of imide groups is 1. The van der Waals surface area contributed by atoms with E-state index in [1.54, 1.807) is 0 Å². The molecule has 2 aromatic rings. The third-order valence-electron chi connectivity index (χ3n) is 3.68. The van der Waals surface area contributed by atoms with Gasteiger partial charge in [0.25, 0.3) is 5.91 Å². The topological polar surface area (TPSA) is 55.8 Å². The van der Waals surface area contributed by atoms with Gasteiger partial charge in [-0.1, -0.05) is 42.5 Å². The summed E-state index contributed by atoms with van der Waals surface area (Å²) in [6.07, 6.45) is -1.69. The summed E-state index contributed by atoms with van der Waals surface area (Å²) >= 11 is 0. The summed E-state index contributed by atoms with van der Waals surface area (Å²) in [5.74, 6) is -0.923. The molecule has 0 radical (unpaired) electrons. The first-order chi connectivity index (χ1) is 11.6. The number of benzene rings is 2. The van der Waals surface area contributed by atoms with Crippen LogP contribution >= 0.6 is 0 Å². The Morgan fingerprint density at radius 1 is 1.17 bits per heavy atom. The van der Waals surface area contributed by atoms with Crippen LogP contribution in [0.5, 0.6) is 0 Å². The zero-order chi connectivity index (χ0) is 16.9. The van der Waals surface area contributed by atoms with E-state index >= 15 is 0 Å². The van der Waals surface area contributed by atoms with E-state index in [1.165, 1.54) is 24.3 Å². The number of carbonyl (C=O) groups is 2. The second-order valence-corrected chi connectivity index (χ2v) is 5.33. The molecule has 0 aromatic heterocycles. The van der Waals surface area contributed by atoms with Gasteiger partial charge in [0, 0.05) is 0 Å². The first kappa shape index (κ1) is 16.1. The maximum atomic E-state index is 13.2. The minimum absolute atomic E-state index is 0.166. The van der Waals surface area contributed by atoms with Crippen molar-refractivity contribution >= 4 is 12.0 Å². The van der Waals surface area contributed by atoms with Crippen LogP contribution in [0.1, 0.15) is 17.2 Å². The van der Waals surface area contributed by atoms with Crippen LogP contribution in [0.25, 0.3) is 0 Å². The molecule has 124 valence electrons. The average molecular weight is 329 g/mol. The number of halogens is 1. The number of nitrogens with zero attached hydrogens (tertiary/aromatic N) is 1. The number of rotatable bonds is 5. The molecule has 2 aromatic carbocycles. The van der Waals surface area contributed by atoms with Gasteiger partial charge in [0.15, 0.2) is 6.10 Å². The summed E-state index contributed by atoms with van der Waals surface area (Å²) in [7, 11) is 0. The molecule has 0 spiro atoms. The summed E-state index contributed by atoms with van der Waals surface area (Å²) in [4.78, 5) is 25.3. The Morgan fingerprint density at radius 2 is 1.88 bits per heavy atom. The van der Waals surface area contributed by atoms with Crippen molar-refractivity contribution in [3.05, 3.63) is 71.5 Å². The highest BCUT2D eigenvalue weighted by atomic mass is 19.1. The van der Waals surface area contributed by atoms with Crippen molar-refractivity contribution in [1.29, 1.82) is 0 Å². The second-order valence-electron chi connectivity index (χ2n) is 5.33. The lowest BCUT2D eigenvalue weighted by molar-refractivity contribution is -0.141. The molecule has 0 aliphatic carbocycles. The molecular weight excluding hydrogens is 313 g/mol. The smallest absolute Gasteiger partial charge is 0.416 e. The van der Waals surface area contributed by atoms with Crippen molar-refractivity contribution in [2.75, 3.05) is 13.2 Å². The van der Waals surface area contributed by atoms with E-state index < -0.39 is 23.9 Å². The van der Waals surface area contributed by atoms with E-state index in [1.807, 2.05) is 30.3 Å². The molecule has 3 rings (SSSR count). The van der Waals surface area contributed by atoms with Crippen LogP contribution in [0.3, 0.4) is 0 Å². The Balaban J connectivity index is 1.81. The molecule has 1 atom stereocenters. The molecule has 5 nitrogen and oxygen atoms in total. The van der Waals surface area contributed by atoms with E-state index in [9.17, 15) is 14.0 Å². The maximum absolute atomic E-state index is 13.2. The fourth-order valence-electron chi connectivity index (χ4n) is 2.44. The van der Waals surface area contributed by atoms with Gasteiger partial charge in [0.05, 0.1) is 13.2 Å². The van der Waals surface area contributed by atoms with Crippen molar-refractivity contribution in [2.45, 2.75) is 12.7 Å². The van der Waals surface area contributed by atoms with Crippen LogP contribution in [-0.4, -0.2) is 30.1 Å². The summed E-state index contributed by atoms with van der Waals surface area (Å²) < 4.78 is 23.7. The normalized spacial score (nSPS) is 15.2. The van der Waals surface area contributed by atoms with Crippen molar-refractivity contribution in [1.82, 2.24) is 4.90 Å². The number of cyclic esters (lactones) is 1. The van der Waals surface area contributed by atoms with Gasteiger partial charge in [-0.3, -0.25) is 4.79 Å². The van der Waals surface area contributed by atoms with Gasteiger partial charge in [-0.05, 0) is 23.3 Å². The monoisotopic (exact) mass is 329 g/mol. The predicted molar refractivity (Wildman–Crippen MR) is 83.4 cm³/mol. The highest BCUT2D eigenvalue weighted by Crippen LogP contribution is 2.24. The van der Waals surface area contributed by atoms with Gasteiger partial charge in [-0.25, -0.2) is 14.1 Å². The van der Waals surface area contributed by atoms with Gasteiger partial charge in [-0.2, -0.15) is 0 Å². The Bertz CT molecular complexity index is 718. The van der Waals surface area contributed by atoms with Crippen LogP contribution in [0.4, 0.5) is 9.18 Å². The highest BCUT2D eigenvalue weighted by molar-refractivity contribution is 5.95. The standard InChI is InChI=1S/C18H16FNO4/c19-15-8-6-14(7-9-15)16(17(21)20-10-11-23-18(20)22)24-12-13-4-2-1-3-5-13/h1-9,16H,10-12H2/t16-/m1/s1. The van der Waals surface area contributed by atoms with E-state index in [2.05, 4.69) is 0 Å². The number of carbonyl (C=O) groups excluding carboxylic acids is 2. The molecule has 0 saturated carbocycles. The van der Waals surface area contributed by atoms with Crippen LogP contribution in [0.15, 0.2) is 54.6 Å². The van der Waals surface area contributed by atoms with Crippen molar-refractivity contribution in [3.63, 3.8) is 0 Å². The lowest BCUT2D eigenvalue weighted by Crippen LogP contribution is -2.36. The second kappa shape index (κ2) is 7.23. The average Bonchev–Trinajstić information content (AvgIpc) is 3.03. The van der Waals surface area contributed by atoms with E-state index in [0.717, 1.165) is 10.5 Å². The molecule has 0 N–H and O–H groups in total. The number of amides is 2. The van der Waals surface area contributed by atoms with E-state index in [4.69, 9.17) is 9.47 Å². The van der Waals surface area contributed by atoms with Crippen LogP contribution < -0.4 is 0 Å². The minimum atomic E-state index is -1.00. The van der Waals surface area contributed by atoms with Crippen LogP contribution in [-0.2, 0) is 20.9 Å². The maximum Gasteiger partial charge on any atom is 0.416 e. The summed E-state index contributed by atoms with van der Waals surface area (Å²) in [6, 6.07) is 14.8. The van der Waals surface area contributed by atoms with E-state index in [0.29, 0.717) is 5.56 Å². The number of ether oxygens (including phenoxy) is 2. The van der Waals surface area contributed by atoms with Crippen molar-refractivity contribution in [3.8, 4) is 0 Å². The van der Waals surface area contributed by atoms with Gasteiger partial charge >= 0.3 is 6.09 Å². The number of hydrogen-bond donors (Lipinski definition) is 0. The molecule has 1 aliphatic heterocycles. The molecule has 6 heteroatoms. The van der Waals surface area contributed by atoms with Crippen LogP contribution in [0.2, 0.25) is 0 Å². The lowest BCUT2D eigenvalue weighted by atomic mass is 10.1. The summed E-state index contributed by atoms with van der Waals surface area (Å²) in [5, 5.41) is 0. The third-order valence-corrected chi connectivity index (χ3v) is 3.68. The first-order valence-electron chi connectivity index (χ1n) is 7.54. The largest absolute Gasteiger partial charge is 0.447 e. The fourth-order valence-corrected chi connectivity index (χ4v) is 2.44. The molecule has 2 amide bonds. The third kappa shape index (κ3) is 3.60. The Labute approximate surface area is 138 Å². The van der Waals surface area contributed by atoms with Crippen molar-refractivity contribution < 1.29 is 23.5 Å². The van der Waals surface area contributed by atoms with Gasteiger partial charge < -0.3 is 9.47 Å².